The number of carbonyl (C=O) groups is 5. The van der Waals surface area contributed by atoms with E-state index in [2.05, 4.69) is 20.9 Å². The number of ketones is 4. The van der Waals surface area contributed by atoms with E-state index in [-0.39, 0.29) is 24.2 Å². The Kier molecular flexibility index (Phi) is 5.93. The Bertz CT molecular complexity index is 1410. The number of benzene rings is 1. The summed E-state index contributed by atoms with van der Waals surface area (Å²) in [5.41, 5.74) is 4.40. The van der Waals surface area contributed by atoms with E-state index in [1.807, 2.05) is 6.07 Å². The van der Waals surface area contributed by atoms with Crippen LogP contribution in [0.1, 0.15) is 22.3 Å². The zero-order valence-electron chi connectivity index (χ0n) is 20.0. The van der Waals surface area contributed by atoms with Gasteiger partial charge in [0.25, 0.3) is 0 Å². The molecule has 0 saturated heterocycles. The van der Waals surface area contributed by atoms with Crippen molar-refractivity contribution in [2.75, 3.05) is 14.1 Å². The molecule has 0 spiro atoms. The lowest BCUT2D eigenvalue weighted by molar-refractivity contribution is -0.181. The Morgan fingerprint density at radius 1 is 1.16 bits per heavy atom. The second-order valence-corrected chi connectivity index (χ2v) is 11.1. The van der Waals surface area contributed by atoms with E-state index >= 15 is 0 Å². The van der Waals surface area contributed by atoms with Crippen molar-refractivity contribution in [3.63, 3.8) is 0 Å². The molecular formula is C26H24BrN3O7. The maximum Gasteiger partial charge on any atom is 0.235 e. The third kappa shape index (κ3) is 3.52. The Labute approximate surface area is 220 Å². The second-order valence-electron chi connectivity index (χ2n) is 10.2. The second kappa shape index (κ2) is 8.64. The van der Waals surface area contributed by atoms with E-state index in [0.29, 0.717) is 21.2 Å². The molecule has 2 aromatic rings. The highest BCUT2D eigenvalue weighted by Crippen LogP contribution is 2.51. The van der Waals surface area contributed by atoms with Crippen molar-refractivity contribution < 1.29 is 34.2 Å². The fourth-order valence-corrected chi connectivity index (χ4v) is 6.80. The van der Waals surface area contributed by atoms with Crippen LogP contribution in [0.5, 0.6) is 5.75 Å². The average molecular weight is 570 g/mol. The third-order valence-electron chi connectivity index (χ3n) is 7.96. The molecule has 3 aliphatic carbocycles. The first-order valence-corrected chi connectivity index (χ1v) is 12.5. The smallest absolute Gasteiger partial charge is 0.235 e. The summed E-state index contributed by atoms with van der Waals surface area (Å²) in [7, 11) is 3.09. The monoisotopic (exact) mass is 569 g/mol. The minimum Gasteiger partial charge on any atom is -0.507 e. The van der Waals surface area contributed by atoms with Gasteiger partial charge in [0, 0.05) is 28.3 Å². The number of phenolic OH excluding ortho intramolecular Hbond substituents is 1. The van der Waals surface area contributed by atoms with Gasteiger partial charge >= 0.3 is 0 Å². The zero-order chi connectivity index (χ0) is 27.0. The van der Waals surface area contributed by atoms with Gasteiger partial charge in [-0.25, -0.2) is 0 Å². The lowest BCUT2D eigenvalue weighted by atomic mass is 9.52. The van der Waals surface area contributed by atoms with Crippen molar-refractivity contribution in [1.82, 2.24) is 9.88 Å². The van der Waals surface area contributed by atoms with Gasteiger partial charge < -0.3 is 15.9 Å². The summed E-state index contributed by atoms with van der Waals surface area (Å²) in [5.74, 6) is -10.7. The molecule has 2 saturated carbocycles. The fourth-order valence-electron chi connectivity index (χ4n) is 6.43. The Hall–Kier alpha value is -3.28. The quantitative estimate of drug-likeness (QED) is 0.450. The van der Waals surface area contributed by atoms with Crippen LogP contribution in [-0.2, 0) is 25.6 Å². The zero-order valence-corrected chi connectivity index (χ0v) is 21.6. The van der Waals surface area contributed by atoms with Gasteiger partial charge in [-0.3, -0.25) is 33.9 Å². The van der Waals surface area contributed by atoms with Gasteiger partial charge in [0.15, 0.2) is 34.7 Å². The predicted molar refractivity (Wildman–Crippen MR) is 132 cm³/mol. The molecule has 0 bridgehead atoms. The van der Waals surface area contributed by atoms with E-state index in [1.165, 1.54) is 11.0 Å². The molecule has 10 nitrogen and oxygen atoms in total. The Morgan fingerprint density at radius 3 is 2.49 bits per heavy atom. The van der Waals surface area contributed by atoms with Crippen molar-refractivity contribution in [1.29, 1.82) is 0 Å². The maximum absolute atomic E-state index is 13.8. The standard InChI is InChI=1S/C26H24BrN3O7/c1-30(2)20-15-7-10-6-14-13(11-5-12(27)9-29-8-11)3-4-16(31)18(14)21(32)17(10)23(34)26(15,37)24(35)19(22(20)33)25(28)36/h3-5,8-10,15,17,19-20,31,37H,6-7H2,1-2H3,(H2,28,36)/t10-,15-,17?,19?,20-,26-/m0/s1. The predicted octanol–water partition coefficient (Wildman–Crippen LogP) is 0.692. The Balaban J connectivity index is 1.67. The molecule has 37 heavy (non-hydrogen) atoms. The number of rotatable bonds is 3. The number of hydrogen-bond acceptors (Lipinski definition) is 9. The summed E-state index contributed by atoms with van der Waals surface area (Å²) in [4.78, 5) is 71.7. The van der Waals surface area contributed by atoms with Gasteiger partial charge in [0.2, 0.25) is 5.91 Å². The van der Waals surface area contributed by atoms with Gasteiger partial charge in [0.1, 0.15) is 5.75 Å². The minimum absolute atomic E-state index is 0.00424. The molecule has 1 aromatic carbocycles. The molecule has 0 aliphatic heterocycles. The number of nitrogens with zero attached hydrogens (tertiary/aromatic N) is 2. The summed E-state index contributed by atoms with van der Waals surface area (Å²) in [5, 5.41) is 22.3. The summed E-state index contributed by atoms with van der Waals surface area (Å²) in [6.45, 7) is 0. The fraction of sp³-hybridized carbons (Fsp3) is 0.385. The molecule has 1 aromatic heterocycles. The summed E-state index contributed by atoms with van der Waals surface area (Å²) in [6, 6.07) is 3.69. The van der Waals surface area contributed by atoms with Crippen LogP contribution in [0.25, 0.3) is 11.1 Å². The SMILES string of the molecule is CN(C)[C@@H]1C(=O)C(C(N)=O)C(=O)[C@@]2(O)C(=O)C3C(=O)c4c(O)ccc(-c5cncc(Br)c5)c4C[C@H]3C[C@@H]12. The summed E-state index contributed by atoms with van der Waals surface area (Å²) < 4.78 is 0.710. The van der Waals surface area contributed by atoms with Crippen LogP contribution in [0.2, 0.25) is 0 Å². The highest BCUT2D eigenvalue weighted by Gasteiger charge is 2.69. The van der Waals surface area contributed by atoms with Crippen LogP contribution < -0.4 is 5.73 Å². The van der Waals surface area contributed by atoms with Crippen molar-refractivity contribution >= 4 is 45.0 Å². The number of carbonyl (C=O) groups excluding carboxylic acids is 5. The molecule has 1 heterocycles. The number of primary amides is 1. The van der Waals surface area contributed by atoms with Crippen LogP contribution in [0, 0.1) is 23.7 Å². The van der Waals surface area contributed by atoms with Gasteiger partial charge in [-0.1, -0.05) is 6.07 Å². The number of fused-ring (bicyclic) bond motifs is 3. The van der Waals surface area contributed by atoms with Crippen molar-refractivity contribution in [3.8, 4) is 16.9 Å². The molecule has 4 N–H and O–H groups in total. The van der Waals surface area contributed by atoms with Gasteiger partial charge in [-0.15, -0.1) is 0 Å². The topological polar surface area (TPSA) is 168 Å². The molecule has 11 heteroatoms. The molecule has 1 amide bonds. The number of Topliss-reactive ketones (excluding diaryl/α,β-unsaturated/α-hetero) is 4. The van der Waals surface area contributed by atoms with Gasteiger partial charge in [0.05, 0.1) is 17.5 Å². The largest absolute Gasteiger partial charge is 0.507 e. The van der Waals surface area contributed by atoms with Gasteiger partial charge in [-0.05, 0) is 72.0 Å². The maximum atomic E-state index is 13.8. The normalized spacial score (nSPS) is 31.1. The Morgan fingerprint density at radius 2 is 1.86 bits per heavy atom. The summed E-state index contributed by atoms with van der Waals surface area (Å²) >= 11 is 3.38. The van der Waals surface area contributed by atoms with Crippen LogP contribution in [0.3, 0.4) is 0 Å². The van der Waals surface area contributed by atoms with Crippen LogP contribution in [0.15, 0.2) is 35.1 Å². The highest BCUT2D eigenvalue weighted by molar-refractivity contribution is 9.10. The molecule has 6 atom stereocenters. The number of aliphatic hydroxyl groups is 1. The minimum atomic E-state index is -2.74. The van der Waals surface area contributed by atoms with E-state index in [0.717, 1.165) is 0 Å². The third-order valence-corrected chi connectivity index (χ3v) is 8.39. The molecular weight excluding hydrogens is 546 g/mol. The highest BCUT2D eigenvalue weighted by atomic mass is 79.9. The van der Waals surface area contributed by atoms with E-state index in [9.17, 15) is 34.2 Å². The van der Waals surface area contributed by atoms with E-state index < -0.39 is 64.4 Å². The van der Waals surface area contributed by atoms with E-state index in [4.69, 9.17) is 5.73 Å². The van der Waals surface area contributed by atoms with Crippen molar-refractivity contribution in [2.24, 2.45) is 29.4 Å². The van der Waals surface area contributed by atoms with Crippen molar-refractivity contribution in [3.05, 3.63) is 46.2 Å². The number of pyridine rings is 1. The number of nitrogens with two attached hydrogens (primary N) is 1. The first-order chi connectivity index (χ1) is 17.4. The number of hydrogen-bond donors (Lipinski definition) is 3. The number of halogens is 1. The van der Waals surface area contributed by atoms with E-state index in [1.54, 1.807) is 32.6 Å². The first-order valence-electron chi connectivity index (χ1n) is 11.7. The molecule has 2 fully saturated rings. The van der Waals surface area contributed by atoms with Gasteiger partial charge in [-0.2, -0.15) is 0 Å². The molecule has 3 aliphatic rings. The molecule has 0 radical (unpaired) electrons. The van der Waals surface area contributed by atoms with Crippen molar-refractivity contribution in [2.45, 2.75) is 24.5 Å². The number of aromatic hydroxyl groups is 1. The molecule has 192 valence electrons. The average Bonchev–Trinajstić information content (AvgIpc) is 2.81. The lowest BCUT2D eigenvalue weighted by Crippen LogP contribution is -2.74. The summed E-state index contributed by atoms with van der Waals surface area (Å²) in [6.07, 6.45) is 3.40. The number of likely N-dealkylation sites (N-methyl/N-ethyl adjacent to an activating group) is 1. The lowest BCUT2D eigenvalue weighted by Gasteiger charge is -2.52. The number of amides is 1. The molecule has 5 rings (SSSR count). The van der Waals surface area contributed by atoms with Crippen LogP contribution in [0.4, 0.5) is 0 Å². The molecule has 2 unspecified atom stereocenters. The van der Waals surface area contributed by atoms with Crippen LogP contribution >= 0.6 is 15.9 Å². The number of aromatic nitrogens is 1. The van der Waals surface area contributed by atoms with Crippen LogP contribution in [-0.4, -0.2) is 74.9 Å². The first kappa shape index (κ1) is 25.4. The number of phenols is 1.